The molecule has 0 aromatic carbocycles. The van der Waals surface area contributed by atoms with Crippen LogP contribution in [-0.4, -0.2) is 16.6 Å². The van der Waals surface area contributed by atoms with Gasteiger partial charge in [-0.3, -0.25) is 4.79 Å². The lowest BCUT2D eigenvalue weighted by molar-refractivity contribution is -0.125. The molecular weight excluding hydrogens is 210 g/mol. The summed E-state index contributed by atoms with van der Waals surface area (Å²) in [5.74, 6) is -0.854. The number of nitrogens with zero attached hydrogens (tertiary/aromatic N) is 1. The van der Waals surface area contributed by atoms with Gasteiger partial charge >= 0.3 is 0 Å². The van der Waals surface area contributed by atoms with Gasteiger partial charge in [0.15, 0.2) is 5.11 Å². The molecule has 0 aromatic rings. The molecular formula is C10H13N3OS. The van der Waals surface area contributed by atoms with Gasteiger partial charge in [0.2, 0.25) is 5.91 Å². The zero-order valence-corrected chi connectivity index (χ0v) is 9.19. The van der Waals surface area contributed by atoms with Gasteiger partial charge in [0.25, 0.3) is 0 Å². The van der Waals surface area contributed by atoms with Gasteiger partial charge in [-0.25, -0.2) is 0 Å². The third-order valence-electron chi connectivity index (χ3n) is 3.29. The van der Waals surface area contributed by atoms with E-state index in [1.807, 2.05) is 0 Å². The minimum absolute atomic E-state index is 0.247. The highest BCUT2D eigenvalue weighted by Gasteiger charge is 2.47. The van der Waals surface area contributed by atoms with Crippen molar-refractivity contribution in [3.8, 4) is 6.07 Å². The van der Waals surface area contributed by atoms with E-state index in [0.29, 0.717) is 5.11 Å². The maximum absolute atomic E-state index is 11.6. The first-order chi connectivity index (χ1) is 7.18. The SMILES string of the molecule is N#CC1C(=O)NC(=S)NC12CCCCC2. The predicted octanol–water partition coefficient (Wildman–Crippen LogP) is 0.833. The molecule has 15 heavy (non-hydrogen) atoms. The summed E-state index contributed by atoms with van der Waals surface area (Å²) in [6.07, 6.45) is 5.01. The molecule has 1 unspecified atom stereocenters. The Morgan fingerprint density at radius 1 is 1.40 bits per heavy atom. The van der Waals surface area contributed by atoms with E-state index in [9.17, 15) is 4.79 Å². The van der Waals surface area contributed by atoms with Crippen molar-refractivity contribution >= 4 is 23.2 Å². The first kappa shape index (κ1) is 10.4. The Hall–Kier alpha value is -1.15. The number of hydrogen-bond acceptors (Lipinski definition) is 3. The van der Waals surface area contributed by atoms with Crippen molar-refractivity contribution in [1.82, 2.24) is 10.6 Å². The molecule has 80 valence electrons. The molecule has 2 fully saturated rings. The summed E-state index contributed by atoms with van der Waals surface area (Å²) in [5.41, 5.74) is -0.396. The van der Waals surface area contributed by atoms with E-state index < -0.39 is 11.5 Å². The number of carbonyl (C=O) groups is 1. The lowest BCUT2D eigenvalue weighted by Gasteiger charge is -2.44. The Morgan fingerprint density at radius 3 is 2.67 bits per heavy atom. The van der Waals surface area contributed by atoms with Crippen molar-refractivity contribution in [2.45, 2.75) is 37.6 Å². The van der Waals surface area contributed by atoms with Gasteiger partial charge in [0.1, 0.15) is 5.92 Å². The maximum Gasteiger partial charge on any atom is 0.245 e. The Bertz CT molecular complexity index is 341. The number of nitrogens with one attached hydrogen (secondary N) is 2. The van der Waals surface area contributed by atoms with E-state index in [0.717, 1.165) is 25.7 Å². The van der Waals surface area contributed by atoms with Crippen LogP contribution in [0.15, 0.2) is 0 Å². The highest BCUT2D eigenvalue weighted by molar-refractivity contribution is 7.80. The van der Waals surface area contributed by atoms with Gasteiger partial charge in [-0.15, -0.1) is 0 Å². The Labute approximate surface area is 94.0 Å². The van der Waals surface area contributed by atoms with Gasteiger partial charge < -0.3 is 10.6 Å². The fourth-order valence-electron chi connectivity index (χ4n) is 2.54. The molecule has 1 amide bonds. The fraction of sp³-hybridized carbons (Fsp3) is 0.700. The molecule has 0 aromatic heterocycles. The zero-order chi connectivity index (χ0) is 10.9. The van der Waals surface area contributed by atoms with Crippen molar-refractivity contribution in [3.05, 3.63) is 0 Å². The normalized spacial score (nSPS) is 29.1. The molecule has 1 aliphatic carbocycles. The van der Waals surface area contributed by atoms with Gasteiger partial charge in [-0.05, 0) is 25.1 Å². The van der Waals surface area contributed by atoms with E-state index in [4.69, 9.17) is 17.5 Å². The quantitative estimate of drug-likeness (QED) is 0.597. The Morgan fingerprint density at radius 2 is 2.07 bits per heavy atom. The van der Waals surface area contributed by atoms with Crippen LogP contribution in [0.4, 0.5) is 0 Å². The van der Waals surface area contributed by atoms with Crippen molar-refractivity contribution in [2.24, 2.45) is 5.92 Å². The van der Waals surface area contributed by atoms with E-state index in [2.05, 4.69) is 16.7 Å². The molecule has 1 heterocycles. The van der Waals surface area contributed by atoms with Gasteiger partial charge in [0, 0.05) is 0 Å². The molecule has 1 spiro atoms. The Balaban J connectivity index is 2.29. The van der Waals surface area contributed by atoms with E-state index in [-0.39, 0.29) is 5.91 Å². The van der Waals surface area contributed by atoms with Gasteiger partial charge in [-0.1, -0.05) is 19.3 Å². The van der Waals surface area contributed by atoms with Crippen molar-refractivity contribution in [1.29, 1.82) is 5.26 Å². The highest BCUT2D eigenvalue weighted by Crippen LogP contribution is 2.35. The molecule has 0 bridgehead atoms. The standard InChI is InChI=1S/C10H13N3OS/c11-6-7-8(14)12-9(15)13-10(7)4-2-1-3-5-10/h7H,1-5H2,(H2,12,13,14,15). The number of nitriles is 1. The van der Waals surface area contributed by atoms with Gasteiger partial charge in [0.05, 0.1) is 11.6 Å². The van der Waals surface area contributed by atoms with Crippen LogP contribution in [0.5, 0.6) is 0 Å². The van der Waals surface area contributed by atoms with E-state index >= 15 is 0 Å². The topological polar surface area (TPSA) is 64.9 Å². The summed E-state index contributed by atoms with van der Waals surface area (Å²) in [6, 6.07) is 2.10. The maximum atomic E-state index is 11.6. The van der Waals surface area contributed by atoms with Crippen LogP contribution >= 0.6 is 12.2 Å². The summed E-state index contributed by atoms with van der Waals surface area (Å²) < 4.78 is 0. The van der Waals surface area contributed by atoms with Crippen LogP contribution in [0, 0.1) is 17.2 Å². The van der Waals surface area contributed by atoms with Crippen LogP contribution in [-0.2, 0) is 4.79 Å². The lowest BCUT2D eigenvalue weighted by Crippen LogP contribution is -2.66. The van der Waals surface area contributed by atoms with Crippen LogP contribution in [0.1, 0.15) is 32.1 Å². The first-order valence-electron chi connectivity index (χ1n) is 5.20. The lowest BCUT2D eigenvalue weighted by atomic mass is 9.72. The largest absolute Gasteiger partial charge is 0.355 e. The van der Waals surface area contributed by atoms with Crippen LogP contribution < -0.4 is 10.6 Å². The average Bonchev–Trinajstić information content (AvgIpc) is 2.18. The molecule has 1 saturated heterocycles. The third-order valence-corrected chi connectivity index (χ3v) is 3.49. The molecule has 1 aliphatic heterocycles. The summed E-state index contributed by atoms with van der Waals surface area (Å²) >= 11 is 4.98. The Kier molecular flexibility index (Phi) is 2.61. The number of amides is 1. The average molecular weight is 223 g/mol. The van der Waals surface area contributed by atoms with Crippen LogP contribution in [0.25, 0.3) is 0 Å². The zero-order valence-electron chi connectivity index (χ0n) is 8.38. The molecule has 1 saturated carbocycles. The number of thiocarbonyl (C=S) groups is 1. The summed E-state index contributed by atoms with van der Waals surface area (Å²) in [6.45, 7) is 0. The second kappa shape index (κ2) is 3.78. The molecule has 2 rings (SSSR count). The smallest absolute Gasteiger partial charge is 0.245 e. The summed E-state index contributed by atoms with van der Waals surface area (Å²) in [5, 5.41) is 15.1. The van der Waals surface area contributed by atoms with Crippen molar-refractivity contribution < 1.29 is 4.79 Å². The van der Waals surface area contributed by atoms with Crippen LogP contribution in [0.3, 0.4) is 0 Å². The summed E-state index contributed by atoms with van der Waals surface area (Å²) in [4.78, 5) is 11.6. The second-order valence-corrected chi connectivity index (χ2v) is 4.63. The van der Waals surface area contributed by atoms with Crippen molar-refractivity contribution in [2.75, 3.05) is 0 Å². The first-order valence-corrected chi connectivity index (χ1v) is 5.61. The second-order valence-electron chi connectivity index (χ2n) is 4.22. The number of rotatable bonds is 0. The molecule has 2 N–H and O–H groups in total. The monoisotopic (exact) mass is 223 g/mol. The molecule has 2 aliphatic rings. The molecule has 4 nitrogen and oxygen atoms in total. The fourth-order valence-corrected chi connectivity index (χ4v) is 2.85. The third kappa shape index (κ3) is 1.70. The number of carbonyl (C=O) groups excluding carboxylic acids is 1. The minimum atomic E-state index is -0.607. The predicted molar refractivity (Wildman–Crippen MR) is 58.8 cm³/mol. The van der Waals surface area contributed by atoms with E-state index in [1.165, 1.54) is 6.42 Å². The minimum Gasteiger partial charge on any atom is -0.355 e. The number of hydrogen-bond donors (Lipinski definition) is 2. The van der Waals surface area contributed by atoms with Gasteiger partial charge in [-0.2, -0.15) is 5.26 Å². The molecule has 5 heteroatoms. The van der Waals surface area contributed by atoms with Crippen LogP contribution in [0.2, 0.25) is 0 Å². The molecule has 1 atom stereocenters. The van der Waals surface area contributed by atoms with E-state index in [1.54, 1.807) is 0 Å². The highest BCUT2D eigenvalue weighted by atomic mass is 32.1. The summed E-state index contributed by atoms with van der Waals surface area (Å²) in [7, 11) is 0. The van der Waals surface area contributed by atoms with Crippen molar-refractivity contribution in [3.63, 3.8) is 0 Å². The molecule has 0 radical (unpaired) electrons.